The number of aliphatic hydroxyl groups is 1. The average Bonchev–Trinajstić information content (AvgIpc) is 2.98. The normalized spacial score (nSPS) is 39.3. The highest BCUT2D eigenvalue weighted by Crippen LogP contribution is 2.55. The Bertz CT molecular complexity index is 813. The van der Waals surface area contributed by atoms with Gasteiger partial charge in [-0.3, -0.25) is 14.4 Å². The minimum atomic E-state index is -1.26. The lowest BCUT2D eigenvalue weighted by atomic mass is 9.54. The molecule has 2 aliphatic carbocycles. The Morgan fingerprint density at radius 3 is 2.52 bits per heavy atom. The second kappa shape index (κ2) is 8.99. The van der Waals surface area contributed by atoms with Crippen LogP contribution < -0.4 is 5.32 Å². The van der Waals surface area contributed by atoms with E-state index >= 15 is 0 Å². The van der Waals surface area contributed by atoms with Gasteiger partial charge in [0.05, 0.1) is 0 Å². The number of allylic oxidation sites excluding steroid dienone is 4. The highest BCUT2D eigenvalue weighted by atomic mass is 16.5. The second-order valence-corrected chi connectivity index (χ2v) is 10.2. The largest absolute Gasteiger partial charge is 0.385 e. The molecule has 2 N–H and O–H groups in total. The van der Waals surface area contributed by atoms with Crippen molar-refractivity contribution in [3.05, 3.63) is 23.3 Å². The predicted octanol–water partition coefficient (Wildman–Crippen LogP) is 2.99. The SMILES string of the molecule is COC1CC(=O)[C@@]23C(=O)N[C@@H](CC(C)C)[C@@H]2[C@H](C)C(C)=C[C@@H]3C=C(C)CCC(O)C1=O. The van der Waals surface area contributed by atoms with Gasteiger partial charge in [0.1, 0.15) is 17.6 Å². The maximum Gasteiger partial charge on any atom is 0.235 e. The third-order valence-electron chi connectivity index (χ3n) is 7.64. The van der Waals surface area contributed by atoms with E-state index in [0.717, 1.165) is 12.0 Å². The predicted molar refractivity (Wildman–Crippen MR) is 118 cm³/mol. The van der Waals surface area contributed by atoms with Crippen LogP contribution in [0.1, 0.15) is 60.3 Å². The quantitative estimate of drug-likeness (QED) is 0.529. The van der Waals surface area contributed by atoms with Gasteiger partial charge >= 0.3 is 0 Å². The first kappa shape index (κ1) is 23.9. The van der Waals surface area contributed by atoms with E-state index in [0.29, 0.717) is 12.3 Å². The maximum absolute atomic E-state index is 14.0. The van der Waals surface area contributed by atoms with Crippen LogP contribution in [0.15, 0.2) is 23.3 Å². The summed E-state index contributed by atoms with van der Waals surface area (Å²) in [5.74, 6) is -1.11. The van der Waals surface area contributed by atoms with Crippen LogP contribution >= 0.6 is 0 Å². The third kappa shape index (κ3) is 4.05. The Morgan fingerprint density at radius 2 is 1.90 bits per heavy atom. The van der Waals surface area contributed by atoms with Crippen LogP contribution in [0, 0.1) is 29.1 Å². The molecule has 2 unspecified atom stereocenters. The fraction of sp³-hybridized carbons (Fsp3) is 0.720. The van der Waals surface area contributed by atoms with Crippen LogP contribution in [-0.4, -0.2) is 47.9 Å². The number of methoxy groups -OCH3 is 1. The lowest BCUT2D eigenvalue weighted by Crippen LogP contribution is -2.53. The van der Waals surface area contributed by atoms with Crippen LogP contribution in [0.3, 0.4) is 0 Å². The molecule has 1 heterocycles. The summed E-state index contributed by atoms with van der Waals surface area (Å²) in [4.78, 5) is 40.4. The maximum atomic E-state index is 14.0. The number of nitrogens with one attached hydrogen (secondary N) is 1. The molecule has 0 saturated carbocycles. The molecule has 1 amide bonds. The standard InChI is InChI=1S/C25H37NO5/c1-13(2)9-18-22-16(5)15(4)11-17-10-14(3)7-8-19(27)23(29)20(31-6)12-21(28)25(17,22)24(30)26-18/h10-11,13,16-20,22,27H,7-9,12H2,1-6H3,(H,26,30)/t16-,17+,18+,19?,20?,22+,25-/m1/s1. The summed E-state index contributed by atoms with van der Waals surface area (Å²) in [7, 11) is 1.38. The molecule has 1 aliphatic heterocycles. The molecule has 6 nitrogen and oxygen atoms in total. The Morgan fingerprint density at radius 1 is 1.23 bits per heavy atom. The minimum Gasteiger partial charge on any atom is -0.385 e. The van der Waals surface area contributed by atoms with Crippen molar-refractivity contribution >= 4 is 17.5 Å². The van der Waals surface area contributed by atoms with E-state index in [-0.39, 0.29) is 48.3 Å². The number of amides is 1. The number of carbonyl (C=O) groups is 3. The number of carbonyl (C=O) groups excluding carboxylic acids is 3. The Kier molecular flexibility index (Phi) is 6.92. The van der Waals surface area contributed by atoms with Gasteiger partial charge in [0, 0.05) is 31.4 Å². The molecule has 6 heteroatoms. The number of ether oxygens (including phenoxy) is 1. The summed E-state index contributed by atoms with van der Waals surface area (Å²) in [6, 6.07) is -0.0984. The monoisotopic (exact) mass is 431 g/mol. The third-order valence-corrected chi connectivity index (χ3v) is 7.64. The van der Waals surface area contributed by atoms with E-state index in [1.54, 1.807) is 0 Å². The minimum absolute atomic E-state index is 0.0593. The van der Waals surface area contributed by atoms with Crippen molar-refractivity contribution in [2.24, 2.45) is 29.1 Å². The summed E-state index contributed by atoms with van der Waals surface area (Å²) in [6.07, 6.45) is 3.25. The highest BCUT2D eigenvalue weighted by Gasteiger charge is 2.65. The van der Waals surface area contributed by atoms with Crippen LogP contribution in [0.4, 0.5) is 0 Å². The van der Waals surface area contributed by atoms with Crippen molar-refractivity contribution in [1.29, 1.82) is 0 Å². The molecule has 0 aromatic rings. The first-order valence-electron chi connectivity index (χ1n) is 11.5. The van der Waals surface area contributed by atoms with Gasteiger partial charge in [-0.05, 0) is 44.9 Å². The van der Waals surface area contributed by atoms with Gasteiger partial charge in [-0.25, -0.2) is 0 Å². The average molecular weight is 432 g/mol. The molecule has 31 heavy (non-hydrogen) atoms. The van der Waals surface area contributed by atoms with E-state index in [1.807, 2.05) is 13.0 Å². The lowest BCUT2D eigenvalue weighted by molar-refractivity contribution is -0.150. The first-order chi connectivity index (χ1) is 14.5. The van der Waals surface area contributed by atoms with Crippen LogP contribution in [0.2, 0.25) is 0 Å². The fourth-order valence-corrected chi connectivity index (χ4v) is 5.95. The summed E-state index contributed by atoms with van der Waals surface area (Å²) < 4.78 is 5.35. The molecule has 1 fully saturated rings. The fourth-order valence-electron chi connectivity index (χ4n) is 5.95. The topological polar surface area (TPSA) is 92.7 Å². The molecule has 7 atom stereocenters. The zero-order valence-electron chi connectivity index (χ0n) is 19.6. The first-order valence-corrected chi connectivity index (χ1v) is 11.5. The molecule has 1 saturated heterocycles. The van der Waals surface area contributed by atoms with Crippen molar-refractivity contribution in [3.8, 4) is 0 Å². The van der Waals surface area contributed by atoms with E-state index in [1.165, 1.54) is 12.7 Å². The smallest absolute Gasteiger partial charge is 0.235 e. The molecular formula is C25H37NO5. The van der Waals surface area contributed by atoms with Crippen molar-refractivity contribution in [2.75, 3.05) is 7.11 Å². The van der Waals surface area contributed by atoms with Crippen LogP contribution in [0.25, 0.3) is 0 Å². The molecule has 0 bridgehead atoms. The lowest BCUT2D eigenvalue weighted by Gasteiger charge is -2.45. The van der Waals surface area contributed by atoms with E-state index in [2.05, 4.69) is 39.1 Å². The van der Waals surface area contributed by atoms with Crippen molar-refractivity contribution in [2.45, 2.75) is 78.6 Å². The Balaban J connectivity index is 2.20. The molecule has 1 spiro atoms. The second-order valence-electron chi connectivity index (χ2n) is 10.2. The summed E-state index contributed by atoms with van der Waals surface area (Å²) in [5, 5.41) is 13.5. The molecule has 0 aromatic heterocycles. The molecular weight excluding hydrogens is 394 g/mol. The van der Waals surface area contributed by atoms with Crippen LogP contribution in [-0.2, 0) is 19.1 Å². The summed E-state index contributed by atoms with van der Waals surface area (Å²) in [6.45, 7) is 10.4. The molecule has 3 aliphatic rings. The van der Waals surface area contributed by atoms with Gasteiger partial charge in [-0.1, -0.05) is 44.1 Å². The van der Waals surface area contributed by atoms with Gasteiger partial charge in [0.15, 0.2) is 11.6 Å². The molecule has 0 radical (unpaired) electrons. The molecule has 3 rings (SSSR count). The van der Waals surface area contributed by atoms with Gasteiger partial charge in [-0.15, -0.1) is 0 Å². The van der Waals surface area contributed by atoms with Gasteiger partial charge in [0.2, 0.25) is 5.91 Å². The van der Waals surface area contributed by atoms with Crippen molar-refractivity contribution in [3.63, 3.8) is 0 Å². The number of hydrogen-bond donors (Lipinski definition) is 2. The number of aliphatic hydroxyl groups excluding tert-OH is 1. The zero-order chi connectivity index (χ0) is 23.1. The van der Waals surface area contributed by atoms with Gasteiger partial charge in [0.25, 0.3) is 0 Å². The van der Waals surface area contributed by atoms with Gasteiger partial charge < -0.3 is 15.2 Å². The van der Waals surface area contributed by atoms with E-state index in [9.17, 15) is 19.5 Å². The number of rotatable bonds is 3. The summed E-state index contributed by atoms with van der Waals surface area (Å²) in [5.41, 5.74) is 0.894. The van der Waals surface area contributed by atoms with Gasteiger partial charge in [-0.2, -0.15) is 0 Å². The molecule has 0 aromatic carbocycles. The number of hydrogen-bond acceptors (Lipinski definition) is 5. The summed E-state index contributed by atoms with van der Waals surface area (Å²) >= 11 is 0. The van der Waals surface area contributed by atoms with E-state index < -0.39 is 23.4 Å². The highest BCUT2D eigenvalue weighted by molar-refractivity contribution is 6.10. The molecule has 172 valence electrons. The number of Topliss-reactive ketones (excluding diaryl/α,β-unsaturated/α-hetero) is 2. The van der Waals surface area contributed by atoms with Crippen molar-refractivity contribution < 1.29 is 24.2 Å². The van der Waals surface area contributed by atoms with Crippen molar-refractivity contribution in [1.82, 2.24) is 5.32 Å². The number of ketones is 2. The Hall–Kier alpha value is -1.79. The van der Waals surface area contributed by atoms with E-state index in [4.69, 9.17) is 4.74 Å². The zero-order valence-corrected chi connectivity index (χ0v) is 19.6. The van der Waals surface area contributed by atoms with Crippen LogP contribution in [0.5, 0.6) is 0 Å². The Labute approximate surface area is 185 Å².